The van der Waals surface area contributed by atoms with Crippen LogP contribution in [0, 0.1) is 12.7 Å². The summed E-state index contributed by atoms with van der Waals surface area (Å²) >= 11 is 0. The van der Waals surface area contributed by atoms with Gasteiger partial charge in [0.15, 0.2) is 0 Å². The van der Waals surface area contributed by atoms with E-state index < -0.39 is 0 Å². The van der Waals surface area contributed by atoms with E-state index in [1.165, 1.54) is 11.6 Å². The molecule has 0 bridgehead atoms. The highest BCUT2D eigenvalue weighted by molar-refractivity contribution is 5.52. The molecule has 1 atom stereocenters. The lowest BCUT2D eigenvalue weighted by atomic mass is 10.0. The number of aryl methyl sites for hydroxylation is 1. The Morgan fingerprint density at radius 2 is 1.83 bits per heavy atom. The van der Waals surface area contributed by atoms with Crippen molar-refractivity contribution in [2.75, 3.05) is 5.32 Å². The summed E-state index contributed by atoms with van der Waals surface area (Å²) in [7, 11) is 0. The monoisotopic (exact) mass is 243 g/mol. The van der Waals surface area contributed by atoms with E-state index in [9.17, 15) is 4.39 Å². The molecule has 1 unspecified atom stereocenters. The molecule has 0 aliphatic heterocycles. The van der Waals surface area contributed by atoms with Crippen LogP contribution in [-0.2, 0) is 0 Å². The highest BCUT2D eigenvalue weighted by Crippen LogP contribution is 2.25. The van der Waals surface area contributed by atoms with Crippen LogP contribution in [0.3, 0.4) is 0 Å². The van der Waals surface area contributed by atoms with Gasteiger partial charge in [0, 0.05) is 5.69 Å². The maximum atomic E-state index is 13.3. The summed E-state index contributed by atoms with van der Waals surface area (Å²) in [6.45, 7) is 4.11. The fourth-order valence-corrected chi connectivity index (χ4v) is 2.04. The van der Waals surface area contributed by atoms with Crippen LogP contribution in [-0.4, -0.2) is 0 Å². The number of nitrogens with one attached hydrogen (secondary N) is 1. The summed E-state index contributed by atoms with van der Waals surface area (Å²) in [5.74, 6) is -0.203. The van der Waals surface area contributed by atoms with Crippen LogP contribution in [0.1, 0.15) is 30.5 Å². The minimum Gasteiger partial charge on any atom is -0.378 e. The minimum atomic E-state index is -0.203. The van der Waals surface area contributed by atoms with Crippen molar-refractivity contribution in [1.82, 2.24) is 0 Å². The van der Waals surface area contributed by atoms with Crippen LogP contribution in [0.4, 0.5) is 10.1 Å². The summed E-state index contributed by atoms with van der Waals surface area (Å²) in [6, 6.07) is 15.3. The van der Waals surface area contributed by atoms with Crippen LogP contribution in [0.2, 0.25) is 0 Å². The second-order valence-corrected chi connectivity index (χ2v) is 4.48. The van der Waals surface area contributed by atoms with Gasteiger partial charge in [0.1, 0.15) is 5.82 Å². The van der Waals surface area contributed by atoms with Crippen molar-refractivity contribution < 1.29 is 4.39 Å². The van der Waals surface area contributed by atoms with Gasteiger partial charge in [-0.05, 0) is 36.6 Å². The lowest BCUT2D eigenvalue weighted by Gasteiger charge is -2.20. The zero-order chi connectivity index (χ0) is 13.0. The molecule has 0 amide bonds. The molecule has 0 radical (unpaired) electrons. The minimum absolute atomic E-state index is 0.203. The molecular formula is C16H18FN. The molecule has 0 saturated heterocycles. The molecule has 2 rings (SSSR count). The Kier molecular flexibility index (Phi) is 3.98. The average Bonchev–Trinajstić information content (AvgIpc) is 2.41. The molecule has 2 aromatic rings. The number of hydrogen-bond donors (Lipinski definition) is 1. The van der Waals surface area contributed by atoms with Crippen molar-refractivity contribution in [3.8, 4) is 0 Å². The molecule has 94 valence electrons. The van der Waals surface area contributed by atoms with E-state index in [1.54, 1.807) is 12.1 Å². The second kappa shape index (κ2) is 5.67. The third-order valence-electron chi connectivity index (χ3n) is 3.14. The normalized spacial score (nSPS) is 12.2. The third-order valence-corrected chi connectivity index (χ3v) is 3.14. The molecule has 0 heterocycles. The van der Waals surface area contributed by atoms with Gasteiger partial charge < -0.3 is 5.32 Å². The van der Waals surface area contributed by atoms with Crippen molar-refractivity contribution in [2.45, 2.75) is 26.3 Å². The first kappa shape index (κ1) is 12.6. The van der Waals surface area contributed by atoms with E-state index in [2.05, 4.69) is 24.4 Å². The molecule has 0 fully saturated rings. The standard InChI is InChI=1S/C16H18FN/c1-3-15(13-7-5-4-6-8-13)18-16-11-14(17)10-9-12(16)2/h4-11,15,18H,3H2,1-2H3. The van der Waals surface area contributed by atoms with Crippen molar-refractivity contribution >= 4 is 5.69 Å². The number of anilines is 1. The molecule has 0 aliphatic rings. The summed E-state index contributed by atoms with van der Waals surface area (Å²) in [6.07, 6.45) is 0.958. The largest absolute Gasteiger partial charge is 0.378 e. The van der Waals surface area contributed by atoms with Crippen molar-refractivity contribution in [3.05, 3.63) is 65.5 Å². The van der Waals surface area contributed by atoms with Gasteiger partial charge in [0.25, 0.3) is 0 Å². The Morgan fingerprint density at radius 1 is 1.11 bits per heavy atom. The van der Waals surface area contributed by atoms with Gasteiger partial charge in [-0.1, -0.05) is 43.3 Å². The van der Waals surface area contributed by atoms with E-state index in [-0.39, 0.29) is 11.9 Å². The molecule has 18 heavy (non-hydrogen) atoms. The summed E-state index contributed by atoms with van der Waals surface area (Å²) < 4.78 is 13.3. The summed E-state index contributed by atoms with van der Waals surface area (Å²) in [4.78, 5) is 0. The number of hydrogen-bond acceptors (Lipinski definition) is 1. The Hall–Kier alpha value is -1.83. The topological polar surface area (TPSA) is 12.0 Å². The van der Waals surface area contributed by atoms with Crippen LogP contribution >= 0.6 is 0 Å². The van der Waals surface area contributed by atoms with Gasteiger partial charge in [-0.25, -0.2) is 4.39 Å². The second-order valence-electron chi connectivity index (χ2n) is 4.48. The Bertz CT molecular complexity index is 508. The summed E-state index contributed by atoms with van der Waals surface area (Å²) in [5, 5.41) is 3.41. The van der Waals surface area contributed by atoms with E-state index in [1.807, 2.05) is 25.1 Å². The first-order chi connectivity index (χ1) is 8.70. The zero-order valence-corrected chi connectivity index (χ0v) is 10.8. The van der Waals surface area contributed by atoms with Crippen LogP contribution < -0.4 is 5.32 Å². The maximum absolute atomic E-state index is 13.3. The molecule has 2 heteroatoms. The molecular weight excluding hydrogens is 225 g/mol. The highest BCUT2D eigenvalue weighted by atomic mass is 19.1. The molecule has 0 spiro atoms. The Labute approximate surface area is 108 Å². The zero-order valence-electron chi connectivity index (χ0n) is 10.8. The fraction of sp³-hybridized carbons (Fsp3) is 0.250. The lowest BCUT2D eigenvalue weighted by molar-refractivity contribution is 0.627. The van der Waals surface area contributed by atoms with Gasteiger partial charge in [-0.3, -0.25) is 0 Å². The Morgan fingerprint density at radius 3 is 2.50 bits per heavy atom. The van der Waals surface area contributed by atoms with Gasteiger partial charge in [0.2, 0.25) is 0 Å². The van der Waals surface area contributed by atoms with Crippen LogP contribution in [0.15, 0.2) is 48.5 Å². The van der Waals surface area contributed by atoms with E-state index in [0.29, 0.717) is 0 Å². The van der Waals surface area contributed by atoms with Gasteiger partial charge in [-0.15, -0.1) is 0 Å². The lowest BCUT2D eigenvalue weighted by Crippen LogP contribution is -2.10. The van der Waals surface area contributed by atoms with Gasteiger partial charge in [-0.2, -0.15) is 0 Å². The van der Waals surface area contributed by atoms with Crippen molar-refractivity contribution in [1.29, 1.82) is 0 Å². The number of rotatable bonds is 4. The van der Waals surface area contributed by atoms with E-state index >= 15 is 0 Å². The number of halogens is 1. The van der Waals surface area contributed by atoms with E-state index in [4.69, 9.17) is 0 Å². The van der Waals surface area contributed by atoms with Crippen LogP contribution in [0.25, 0.3) is 0 Å². The molecule has 0 aromatic heterocycles. The van der Waals surface area contributed by atoms with E-state index in [0.717, 1.165) is 17.7 Å². The SMILES string of the molecule is CCC(Nc1cc(F)ccc1C)c1ccccc1. The summed E-state index contributed by atoms with van der Waals surface area (Å²) in [5.41, 5.74) is 3.15. The third kappa shape index (κ3) is 2.89. The fourth-order valence-electron chi connectivity index (χ4n) is 2.04. The molecule has 1 N–H and O–H groups in total. The maximum Gasteiger partial charge on any atom is 0.125 e. The molecule has 0 saturated carbocycles. The predicted octanol–water partition coefficient (Wildman–Crippen LogP) is 4.70. The average molecular weight is 243 g/mol. The molecule has 0 aliphatic carbocycles. The molecule has 1 nitrogen and oxygen atoms in total. The first-order valence-electron chi connectivity index (χ1n) is 6.28. The smallest absolute Gasteiger partial charge is 0.125 e. The van der Waals surface area contributed by atoms with Gasteiger partial charge >= 0.3 is 0 Å². The van der Waals surface area contributed by atoms with Crippen molar-refractivity contribution in [2.24, 2.45) is 0 Å². The van der Waals surface area contributed by atoms with Crippen molar-refractivity contribution in [3.63, 3.8) is 0 Å². The van der Waals surface area contributed by atoms with Gasteiger partial charge in [0.05, 0.1) is 6.04 Å². The Balaban J connectivity index is 2.23. The first-order valence-corrected chi connectivity index (χ1v) is 6.28. The highest BCUT2D eigenvalue weighted by Gasteiger charge is 2.10. The number of benzene rings is 2. The predicted molar refractivity (Wildman–Crippen MR) is 74.2 cm³/mol. The molecule has 2 aromatic carbocycles. The van der Waals surface area contributed by atoms with Crippen LogP contribution in [0.5, 0.6) is 0 Å². The quantitative estimate of drug-likeness (QED) is 0.821.